The molecular formula is C14H22N4O2. The van der Waals surface area contributed by atoms with E-state index in [9.17, 15) is 10.1 Å². The number of anilines is 1. The summed E-state index contributed by atoms with van der Waals surface area (Å²) in [6, 6.07) is 4.76. The molecule has 1 aromatic carbocycles. The second-order valence-corrected chi connectivity index (χ2v) is 5.56. The zero-order valence-electron chi connectivity index (χ0n) is 11.8. The van der Waals surface area contributed by atoms with Gasteiger partial charge in [-0.15, -0.1) is 0 Å². The highest BCUT2D eigenvalue weighted by Crippen LogP contribution is 2.25. The summed E-state index contributed by atoms with van der Waals surface area (Å²) >= 11 is 0. The van der Waals surface area contributed by atoms with E-state index in [4.69, 9.17) is 5.84 Å². The Kier molecular flexibility index (Phi) is 4.92. The van der Waals surface area contributed by atoms with Gasteiger partial charge in [-0.25, -0.2) is 0 Å². The Morgan fingerprint density at radius 3 is 2.95 bits per heavy atom. The summed E-state index contributed by atoms with van der Waals surface area (Å²) in [6.45, 7) is 5.06. The van der Waals surface area contributed by atoms with Crippen LogP contribution in [0.3, 0.4) is 0 Å². The molecule has 1 unspecified atom stereocenters. The molecule has 0 spiro atoms. The smallest absolute Gasteiger partial charge is 0.269 e. The number of likely N-dealkylation sites (tertiary alicyclic amines) is 1. The van der Waals surface area contributed by atoms with Crippen LogP contribution in [-0.2, 0) is 6.54 Å². The van der Waals surface area contributed by atoms with E-state index in [2.05, 4.69) is 17.2 Å². The topological polar surface area (TPSA) is 84.4 Å². The van der Waals surface area contributed by atoms with E-state index >= 15 is 0 Å². The fourth-order valence-electron chi connectivity index (χ4n) is 2.69. The monoisotopic (exact) mass is 278 g/mol. The summed E-state index contributed by atoms with van der Waals surface area (Å²) in [5.41, 5.74) is 4.38. The highest BCUT2D eigenvalue weighted by Gasteiger charge is 2.17. The molecule has 0 bridgehead atoms. The fraction of sp³-hybridized carbons (Fsp3) is 0.571. The van der Waals surface area contributed by atoms with Crippen LogP contribution >= 0.6 is 0 Å². The minimum absolute atomic E-state index is 0.113. The molecular weight excluding hydrogens is 256 g/mol. The first-order valence-electron chi connectivity index (χ1n) is 7.06. The molecule has 2 rings (SSSR count). The minimum Gasteiger partial charge on any atom is -0.324 e. The Balaban J connectivity index is 2.14. The number of nitrogens with one attached hydrogen (secondary N) is 1. The molecule has 1 heterocycles. The molecule has 1 aromatic rings. The molecule has 1 saturated heterocycles. The van der Waals surface area contributed by atoms with E-state index in [1.807, 2.05) is 0 Å². The zero-order valence-corrected chi connectivity index (χ0v) is 11.8. The van der Waals surface area contributed by atoms with Gasteiger partial charge in [0.25, 0.3) is 5.69 Å². The molecule has 0 radical (unpaired) electrons. The molecule has 20 heavy (non-hydrogen) atoms. The van der Waals surface area contributed by atoms with Gasteiger partial charge < -0.3 is 5.43 Å². The summed E-state index contributed by atoms with van der Waals surface area (Å²) in [4.78, 5) is 12.9. The lowest BCUT2D eigenvalue weighted by Crippen LogP contribution is -2.25. The lowest BCUT2D eigenvalue weighted by atomic mass is 10.0. The standard InChI is InChI=1S/C14H22N4O2/c1-11-3-2-7-17(8-6-11)10-12-9-13(18(19)20)4-5-14(12)16-15/h4-5,9,11,16H,2-3,6-8,10,15H2,1H3. The zero-order chi connectivity index (χ0) is 14.5. The lowest BCUT2D eigenvalue weighted by Gasteiger charge is -2.21. The Morgan fingerprint density at radius 2 is 2.25 bits per heavy atom. The van der Waals surface area contributed by atoms with Gasteiger partial charge in [0.2, 0.25) is 0 Å². The lowest BCUT2D eigenvalue weighted by molar-refractivity contribution is -0.384. The number of nitro groups is 1. The number of nitrogens with two attached hydrogens (primary N) is 1. The molecule has 6 heteroatoms. The normalized spacial score (nSPS) is 20.4. The molecule has 110 valence electrons. The number of hydrogen-bond donors (Lipinski definition) is 2. The maximum atomic E-state index is 10.9. The first kappa shape index (κ1) is 14.7. The van der Waals surface area contributed by atoms with E-state index in [0.29, 0.717) is 6.54 Å². The Bertz CT molecular complexity index is 478. The molecule has 1 aliphatic heterocycles. The van der Waals surface area contributed by atoms with Crippen molar-refractivity contribution >= 4 is 11.4 Å². The van der Waals surface area contributed by atoms with E-state index in [0.717, 1.165) is 30.3 Å². The molecule has 1 aliphatic rings. The van der Waals surface area contributed by atoms with Crippen molar-refractivity contribution in [2.75, 3.05) is 18.5 Å². The van der Waals surface area contributed by atoms with Gasteiger partial charge in [0.15, 0.2) is 0 Å². The van der Waals surface area contributed by atoms with Crippen LogP contribution in [0.2, 0.25) is 0 Å². The van der Waals surface area contributed by atoms with Gasteiger partial charge in [0.05, 0.1) is 10.6 Å². The van der Waals surface area contributed by atoms with Gasteiger partial charge in [-0.3, -0.25) is 20.9 Å². The number of nitrogens with zero attached hydrogens (tertiary/aromatic N) is 2. The van der Waals surface area contributed by atoms with Crippen molar-refractivity contribution < 1.29 is 4.92 Å². The number of non-ortho nitro benzene ring substituents is 1. The first-order chi connectivity index (χ1) is 9.60. The summed E-state index contributed by atoms with van der Waals surface area (Å²) < 4.78 is 0. The average molecular weight is 278 g/mol. The Hall–Kier alpha value is -1.66. The van der Waals surface area contributed by atoms with E-state index in [-0.39, 0.29) is 10.6 Å². The van der Waals surface area contributed by atoms with E-state index in [1.165, 1.54) is 25.3 Å². The summed E-state index contributed by atoms with van der Waals surface area (Å²) in [7, 11) is 0. The van der Waals surface area contributed by atoms with Crippen molar-refractivity contribution in [2.24, 2.45) is 11.8 Å². The summed E-state index contributed by atoms with van der Waals surface area (Å²) in [5.74, 6) is 6.26. The number of nitrogen functional groups attached to an aromatic ring is 1. The predicted molar refractivity (Wildman–Crippen MR) is 79.2 cm³/mol. The van der Waals surface area contributed by atoms with Crippen LogP contribution in [0.1, 0.15) is 31.7 Å². The SMILES string of the molecule is CC1CCCN(Cc2cc([N+](=O)[O-])ccc2NN)CC1. The highest BCUT2D eigenvalue weighted by atomic mass is 16.6. The average Bonchev–Trinajstić information content (AvgIpc) is 2.63. The molecule has 0 aliphatic carbocycles. The first-order valence-corrected chi connectivity index (χ1v) is 7.06. The third-order valence-electron chi connectivity index (χ3n) is 3.96. The summed E-state index contributed by atoms with van der Waals surface area (Å²) in [6.07, 6.45) is 3.62. The molecule has 6 nitrogen and oxygen atoms in total. The van der Waals surface area contributed by atoms with Crippen LogP contribution in [0.25, 0.3) is 0 Å². The van der Waals surface area contributed by atoms with Crippen molar-refractivity contribution in [3.8, 4) is 0 Å². The predicted octanol–water partition coefficient (Wildman–Crippen LogP) is 2.50. The van der Waals surface area contributed by atoms with E-state index < -0.39 is 0 Å². The number of nitro benzene ring substituents is 1. The van der Waals surface area contributed by atoms with Crippen LogP contribution in [0, 0.1) is 16.0 Å². The quantitative estimate of drug-likeness (QED) is 0.502. The maximum absolute atomic E-state index is 10.9. The van der Waals surface area contributed by atoms with Crippen molar-refractivity contribution in [3.05, 3.63) is 33.9 Å². The number of hydrazine groups is 1. The minimum atomic E-state index is -0.367. The van der Waals surface area contributed by atoms with Gasteiger partial charge in [-0.05, 0) is 49.9 Å². The van der Waals surface area contributed by atoms with Crippen molar-refractivity contribution in [3.63, 3.8) is 0 Å². The maximum Gasteiger partial charge on any atom is 0.269 e. The molecule has 1 fully saturated rings. The molecule has 0 aromatic heterocycles. The number of benzene rings is 1. The van der Waals surface area contributed by atoms with Gasteiger partial charge in [-0.1, -0.05) is 6.92 Å². The second-order valence-electron chi connectivity index (χ2n) is 5.56. The van der Waals surface area contributed by atoms with Crippen LogP contribution in [0.5, 0.6) is 0 Å². The third kappa shape index (κ3) is 3.68. The Labute approximate surface area is 119 Å². The van der Waals surface area contributed by atoms with Gasteiger partial charge in [0.1, 0.15) is 0 Å². The second kappa shape index (κ2) is 6.67. The highest BCUT2D eigenvalue weighted by molar-refractivity contribution is 5.55. The van der Waals surface area contributed by atoms with Gasteiger partial charge in [0, 0.05) is 18.7 Å². The van der Waals surface area contributed by atoms with Crippen molar-refractivity contribution in [1.29, 1.82) is 0 Å². The van der Waals surface area contributed by atoms with E-state index in [1.54, 1.807) is 12.1 Å². The van der Waals surface area contributed by atoms with Crippen molar-refractivity contribution in [2.45, 2.75) is 32.7 Å². The van der Waals surface area contributed by atoms with Gasteiger partial charge >= 0.3 is 0 Å². The number of rotatable bonds is 4. The molecule has 3 N–H and O–H groups in total. The third-order valence-corrected chi connectivity index (χ3v) is 3.96. The van der Waals surface area contributed by atoms with Crippen molar-refractivity contribution in [1.82, 2.24) is 4.90 Å². The fourth-order valence-corrected chi connectivity index (χ4v) is 2.69. The molecule has 1 atom stereocenters. The number of hydrogen-bond acceptors (Lipinski definition) is 5. The van der Waals surface area contributed by atoms with Crippen LogP contribution < -0.4 is 11.3 Å². The van der Waals surface area contributed by atoms with Crippen LogP contribution in [0.15, 0.2) is 18.2 Å². The summed E-state index contributed by atoms with van der Waals surface area (Å²) in [5, 5.41) is 10.9. The molecule has 0 saturated carbocycles. The Morgan fingerprint density at radius 1 is 1.45 bits per heavy atom. The van der Waals surface area contributed by atoms with Crippen LogP contribution in [-0.4, -0.2) is 22.9 Å². The van der Waals surface area contributed by atoms with Gasteiger partial charge in [-0.2, -0.15) is 0 Å². The van der Waals surface area contributed by atoms with Crippen LogP contribution in [0.4, 0.5) is 11.4 Å². The largest absolute Gasteiger partial charge is 0.324 e. The molecule has 0 amide bonds.